The van der Waals surface area contributed by atoms with Gasteiger partial charge in [-0.25, -0.2) is 9.78 Å². The Balaban J connectivity index is 2.37. The smallest absolute Gasteiger partial charge is 0.339 e. The minimum absolute atomic E-state index is 0.157. The maximum Gasteiger partial charge on any atom is 0.339 e. The van der Waals surface area contributed by atoms with Crippen molar-refractivity contribution in [2.24, 2.45) is 13.0 Å². The van der Waals surface area contributed by atoms with Gasteiger partial charge in [0, 0.05) is 18.3 Å². The zero-order chi connectivity index (χ0) is 20.5. The van der Waals surface area contributed by atoms with Crippen LogP contribution < -0.4 is 5.32 Å². The zero-order valence-electron chi connectivity index (χ0n) is 17.5. The van der Waals surface area contributed by atoms with Gasteiger partial charge in [0.05, 0.1) is 16.6 Å². The number of pyridine rings is 1. The van der Waals surface area contributed by atoms with Crippen LogP contribution in [0.25, 0.3) is 11.0 Å². The Labute approximate surface area is 160 Å². The fraction of sp³-hybridized carbons (Fsp3) is 0.600. The molecule has 0 saturated carbocycles. The lowest BCUT2D eigenvalue weighted by molar-refractivity contribution is -0.133. The Hall–Kier alpha value is -2.44. The van der Waals surface area contributed by atoms with Gasteiger partial charge in [-0.1, -0.05) is 20.8 Å². The molecule has 1 amide bonds. The van der Waals surface area contributed by atoms with Crippen LogP contribution in [0.4, 0.5) is 0 Å². The van der Waals surface area contributed by atoms with Crippen LogP contribution in [-0.4, -0.2) is 38.3 Å². The maximum absolute atomic E-state index is 13.0. The number of esters is 1. The van der Waals surface area contributed by atoms with E-state index in [2.05, 4.69) is 15.4 Å². The molecule has 1 N–H and O–H groups in total. The molecule has 2 heterocycles. The molecule has 2 aromatic heterocycles. The monoisotopic (exact) mass is 374 g/mol. The van der Waals surface area contributed by atoms with Crippen LogP contribution >= 0.6 is 0 Å². The molecule has 7 heteroatoms. The standard InChI is InChI=1S/C20H30N4O3/c1-9-20(6,7)22-18(25)16(11(2)3)27-19(26)14-10-12(4)21-17-15(14)13(5)23-24(17)8/h10-11,16H,9H2,1-8H3,(H,22,25)/t16-/m0/s1. The SMILES string of the molecule is CCC(C)(C)NC(=O)[C@@H](OC(=O)c1cc(C)nc2c1c(C)nn2C)C(C)C. The molecular formula is C20H30N4O3. The van der Waals surface area contributed by atoms with Crippen molar-refractivity contribution in [3.05, 3.63) is 23.0 Å². The zero-order valence-corrected chi connectivity index (χ0v) is 17.5. The number of aryl methyl sites for hydroxylation is 3. The highest BCUT2D eigenvalue weighted by atomic mass is 16.5. The molecule has 0 fully saturated rings. The fourth-order valence-electron chi connectivity index (χ4n) is 2.90. The average Bonchev–Trinajstić information content (AvgIpc) is 2.85. The summed E-state index contributed by atoms with van der Waals surface area (Å²) in [4.78, 5) is 30.1. The van der Waals surface area contributed by atoms with E-state index in [0.29, 0.717) is 28.0 Å². The van der Waals surface area contributed by atoms with Gasteiger partial charge in [0.25, 0.3) is 5.91 Å². The number of aromatic nitrogens is 3. The van der Waals surface area contributed by atoms with Crippen molar-refractivity contribution in [1.82, 2.24) is 20.1 Å². The van der Waals surface area contributed by atoms with E-state index in [1.54, 1.807) is 17.8 Å². The van der Waals surface area contributed by atoms with Gasteiger partial charge in [-0.05, 0) is 46.1 Å². The van der Waals surface area contributed by atoms with Gasteiger partial charge in [-0.3, -0.25) is 9.48 Å². The predicted molar refractivity (Wildman–Crippen MR) is 105 cm³/mol. The summed E-state index contributed by atoms with van der Waals surface area (Å²) < 4.78 is 7.31. The number of amides is 1. The highest BCUT2D eigenvalue weighted by Gasteiger charge is 2.31. The minimum Gasteiger partial charge on any atom is -0.448 e. The molecule has 0 aliphatic rings. The van der Waals surface area contributed by atoms with E-state index in [1.165, 1.54) is 0 Å². The minimum atomic E-state index is -0.871. The maximum atomic E-state index is 13.0. The first-order valence-electron chi connectivity index (χ1n) is 9.30. The highest BCUT2D eigenvalue weighted by Crippen LogP contribution is 2.23. The lowest BCUT2D eigenvalue weighted by Crippen LogP contribution is -2.50. The van der Waals surface area contributed by atoms with Crippen LogP contribution in [-0.2, 0) is 16.6 Å². The van der Waals surface area contributed by atoms with Crippen LogP contribution in [0.5, 0.6) is 0 Å². The Morgan fingerprint density at radius 2 is 1.93 bits per heavy atom. The fourth-order valence-corrected chi connectivity index (χ4v) is 2.90. The number of fused-ring (bicyclic) bond motifs is 1. The van der Waals surface area contributed by atoms with Crippen molar-refractivity contribution >= 4 is 22.9 Å². The van der Waals surface area contributed by atoms with E-state index in [9.17, 15) is 9.59 Å². The second-order valence-corrected chi connectivity index (χ2v) is 8.02. The van der Waals surface area contributed by atoms with Crippen molar-refractivity contribution in [1.29, 1.82) is 0 Å². The lowest BCUT2D eigenvalue weighted by atomic mass is 9.99. The molecule has 0 spiro atoms. The Bertz CT molecular complexity index is 868. The summed E-state index contributed by atoms with van der Waals surface area (Å²) in [6.07, 6.45) is -0.0971. The first-order valence-corrected chi connectivity index (χ1v) is 9.30. The first-order chi connectivity index (χ1) is 12.5. The molecule has 0 unspecified atom stereocenters. The third-order valence-electron chi connectivity index (χ3n) is 4.76. The Morgan fingerprint density at radius 1 is 1.30 bits per heavy atom. The second-order valence-electron chi connectivity index (χ2n) is 8.02. The number of nitrogens with one attached hydrogen (secondary N) is 1. The van der Waals surface area contributed by atoms with Gasteiger partial charge in [-0.2, -0.15) is 5.10 Å². The summed E-state index contributed by atoms with van der Waals surface area (Å²) in [5.41, 5.74) is 2.03. The normalized spacial score (nSPS) is 13.1. The van der Waals surface area contributed by atoms with Gasteiger partial charge < -0.3 is 10.1 Å². The van der Waals surface area contributed by atoms with E-state index in [4.69, 9.17) is 4.74 Å². The van der Waals surface area contributed by atoms with E-state index in [-0.39, 0.29) is 17.4 Å². The van der Waals surface area contributed by atoms with E-state index < -0.39 is 12.1 Å². The van der Waals surface area contributed by atoms with E-state index in [1.807, 2.05) is 48.5 Å². The third kappa shape index (κ3) is 4.46. The summed E-state index contributed by atoms with van der Waals surface area (Å²) in [5.74, 6) is -0.977. The summed E-state index contributed by atoms with van der Waals surface area (Å²) in [7, 11) is 1.79. The molecule has 0 bridgehead atoms. The molecule has 0 aliphatic carbocycles. The van der Waals surface area contributed by atoms with Crippen LogP contribution in [0, 0.1) is 19.8 Å². The van der Waals surface area contributed by atoms with E-state index in [0.717, 1.165) is 6.42 Å². The Kier molecular flexibility index (Phi) is 5.92. The number of ether oxygens (including phenoxy) is 1. The molecule has 2 rings (SSSR count). The summed E-state index contributed by atoms with van der Waals surface area (Å²) >= 11 is 0. The van der Waals surface area contributed by atoms with Crippen LogP contribution in [0.3, 0.4) is 0 Å². The summed E-state index contributed by atoms with van der Waals surface area (Å²) in [6.45, 7) is 13.2. The molecular weight excluding hydrogens is 344 g/mol. The van der Waals surface area contributed by atoms with Gasteiger partial charge in [0.1, 0.15) is 0 Å². The molecule has 0 aliphatic heterocycles. The van der Waals surface area contributed by atoms with Crippen LogP contribution in [0.2, 0.25) is 0 Å². The van der Waals surface area contributed by atoms with Gasteiger partial charge in [0.2, 0.25) is 0 Å². The molecule has 27 heavy (non-hydrogen) atoms. The summed E-state index contributed by atoms with van der Waals surface area (Å²) in [6, 6.07) is 1.69. The summed E-state index contributed by atoms with van der Waals surface area (Å²) in [5, 5.41) is 7.97. The van der Waals surface area contributed by atoms with Crippen molar-refractivity contribution in [3.63, 3.8) is 0 Å². The number of carbonyl (C=O) groups excluding carboxylic acids is 2. The van der Waals surface area contributed by atoms with Gasteiger partial charge in [0.15, 0.2) is 11.8 Å². The van der Waals surface area contributed by atoms with E-state index >= 15 is 0 Å². The molecule has 2 aromatic rings. The van der Waals surface area contributed by atoms with Gasteiger partial charge >= 0.3 is 5.97 Å². The number of carbonyl (C=O) groups is 2. The quantitative estimate of drug-likeness (QED) is 0.785. The number of rotatable bonds is 6. The molecule has 7 nitrogen and oxygen atoms in total. The Morgan fingerprint density at radius 3 is 2.48 bits per heavy atom. The largest absolute Gasteiger partial charge is 0.448 e. The van der Waals surface area contributed by atoms with Crippen molar-refractivity contribution < 1.29 is 14.3 Å². The molecule has 1 atom stereocenters. The molecule has 148 valence electrons. The second kappa shape index (κ2) is 7.66. The topological polar surface area (TPSA) is 86.1 Å². The first kappa shape index (κ1) is 20.9. The van der Waals surface area contributed by atoms with Crippen molar-refractivity contribution in [2.45, 2.75) is 66.5 Å². The molecule has 0 saturated heterocycles. The van der Waals surface area contributed by atoms with Crippen LogP contribution in [0.1, 0.15) is 62.8 Å². The number of nitrogens with zero attached hydrogens (tertiary/aromatic N) is 3. The third-order valence-corrected chi connectivity index (χ3v) is 4.76. The van der Waals surface area contributed by atoms with Crippen molar-refractivity contribution in [2.75, 3.05) is 0 Å². The average molecular weight is 374 g/mol. The number of hydrogen-bond acceptors (Lipinski definition) is 5. The van der Waals surface area contributed by atoms with Crippen LogP contribution in [0.15, 0.2) is 6.07 Å². The number of hydrogen-bond donors (Lipinski definition) is 1. The molecule has 0 aromatic carbocycles. The predicted octanol–water partition coefficient (Wildman–Crippen LogP) is 3.07. The lowest BCUT2D eigenvalue weighted by Gasteiger charge is -2.29. The van der Waals surface area contributed by atoms with Gasteiger partial charge in [-0.15, -0.1) is 0 Å². The van der Waals surface area contributed by atoms with Crippen molar-refractivity contribution in [3.8, 4) is 0 Å². The highest BCUT2D eigenvalue weighted by molar-refractivity contribution is 6.04. The molecule has 0 radical (unpaired) electrons.